The summed E-state index contributed by atoms with van der Waals surface area (Å²) < 4.78 is 0. The Balaban J connectivity index is 1.94. The highest BCUT2D eigenvalue weighted by Crippen LogP contribution is 2.40. The number of carboxylic acids is 1. The van der Waals surface area contributed by atoms with Gasteiger partial charge in [-0.2, -0.15) is 0 Å². The van der Waals surface area contributed by atoms with Gasteiger partial charge in [-0.05, 0) is 26.2 Å². The molecule has 0 bridgehead atoms. The van der Waals surface area contributed by atoms with Crippen molar-refractivity contribution >= 4 is 28.5 Å². The van der Waals surface area contributed by atoms with Gasteiger partial charge in [0.15, 0.2) is 5.13 Å². The van der Waals surface area contributed by atoms with E-state index in [9.17, 15) is 14.7 Å². The van der Waals surface area contributed by atoms with Crippen molar-refractivity contribution in [2.24, 2.45) is 0 Å². The van der Waals surface area contributed by atoms with Crippen LogP contribution in [-0.4, -0.2) is 27.6 Å². The third-order valence-electron chi connectivity index (χ3n) is 3.35. The maximum atomic E-state index is 11.9. The Kier molecular flexibility index (Phi) is 4.27. The fourth-order valence-corrected chi connectivity index (χ4v) is 2.80. The normalized spacial score (nSPS) is 17.3. The highest BCUT2D eigenvalue weighted by Gasteiger charge is 2.34. The molecule has 1 saturated carbocycles. The standard InChI is InChI=1S/C13H19N3O3S/c1-3-6-13(2,10(17)18)16-11(19)15-12-14-9(7-20-12)8-4-5-8/h7-8H,3-6H2,1-2H3,(H,17,18)(H2,14,15,16,19). The molecule has 0 saturated heterocycles. The maximum absolute atomic E-state index is 11.9. The third-order valence-corrected chi connectivity index (χ3v) is 4.13. The van der Waals surface area contributed by atoms with Crippen molar-refractivity contribution in [2.45, 2.75) is 51.0 Å². The van der Waals surface area contributed by atoms with Gasteiger partial charge in [0.2, 0.25) is 0 Å². The molecule has 1 aliphatic rings. The number of nitrogens with one attached hydrogen (secondary N) is 2. The van der Waals surface area contributed by atoms with Crippen molar-refractivity contribution in [2.75, 3.05) is 5.32 Å². The zero-order valence-electron chi connectivity index (χ0n) is 11.6. The second-order valence-corrected chi connectivity index (χ2v) is 6.18. The molecule has 0 aromatic carbocycles. The molecule has 1 unspecified atom stereocenters. The summed E-state index contributed by atoms with van der Waals surface area (Å²) in [6, 6.07) is -0.528. The molecule has 0 spiro atoms. The molecule has 2 rings (SSSR count). The second-order valence-electron chi connectivity index (χ2n) is 5.32. The van der Waals surface area contributed by atoms with Crippen molar-refractivity contribution in [1.29, 1.82) is 0 Å². The van der Waals surface area contributed by atoms with Gasteiger partial charge in [-0.25, -0.2) is 14.6 Å². The number of carbonyl (C=O) groups excluding carboxylic acids is 1. The molecule has 2 amide bonds. The van der Waals surface area contributed by atoms with Crippen LogP contribution >= 0.6 is 11.3 Å². The predicted molar refractivity (Wildman–Crippen MR) is 77.2 cm³/mol. The molecule has 1 aromatic heterocycles. The first kappa shape index (κ1) is 14.8. The van der Waals surface area contributed by atoms with Gasteiger partial charge in [0.1, 0.15) is 5.54 Å². The molecule has 20 heavy (non-hydrogen) atoms. The summed E-state index contributed by atoms with van der Waals surface area (Å²) in [6.45, 7) is 3.39. The minimum atomic E-state index is -1.25. The van der Waals surface area contributed by atoms with Crippen molar-refractivity contribution in [3.63, 3.8) is 0 Å². The van der Waals surface area contributed by atoms with E-state index in [1.54, 1.807) is 0 Å². The molecule has 110 valence electrons. The number of rotatable bonds is 6. The Morgan fingerprint density at radius 1 is 1.55 bits per heavy atom. The minimum absolute atomic E-state index is 0.376. The topological polar surface area (TPSA) is 91.3 Å². The number of aliphatic carboxylic acids is 1. The average molecular weight is 297 g/mol. The Bertz CT molecular complexity index is 513. The van der Waals surface area contributed by atoms with Crippen LogP contribution < -0.4 is 10.6 Å². The SMILES string of the molecule is CCCC(C)(NC(=O)Nc1nc(C2CC2)cs1)C(=O)O. The smallest absolute Gasteiger partial charge is 0.329 e. The molecule has 1 fully saturated rings. The van der Waals surface area contributed by atoms with E-state index in [1.807, 2.05) is 12.3 Å². The van der Waals surface area contributed by atoms with Crippen LogP contribution in [0.1, 0.15) is 51.1 Å². The van der Waals surface area contributed by atoms with Crippen LogP contribution in [-0.2, 0) is 4.79 Å². The van der Waals surface area contributed by atoms with Crippen LogP contribution in [0.25, 0.3) is 0 Å². The van der Waals surface area contributed by atoms with E-state index in [2.05, 4.69) is 15.6 Å². The number of hydrogen-bond donors (Lipinski definition) is 3. The molecule has 1 aliphatic carbocycles. The largest absolute Gasteiger partial charge is 0.480 e. The van der Waals surface area contributed by atoms with E-state index in [4.69, 9.17) is 0 Å². The molecule has 0 aliphatic heterocycles. The number of urea groups is 1. The molecule has 1 atom stereocenters. The summed E-state index contributed by atoms with van der Waals surface area (Å²) in [5.74, 6) is -0.499. The molecular weight excluding hydrogens is 278 g/mol. The second kappa shape index (κ2) is 5.78. The number of hydrogen-bond acceptors (Lipinski definition) is 4. The Labute approximate surface area is 121 Å². The Hall–Kier alpha value is -1.63. The fourth-order valence-electron chi connectivity index (χ4n) is 2.01. The van der Waals surface area contributed by atoms with Crippen molar-refractivity contribution < 1.29 is 14.7 Å². The van der Waals surface area contributed by atoms with Gasteiger partial charge in [0.25, 0.3) is 0 Å². The quantitative estimate of drug-likeness (QED) is 0.753. The number of thiazole rings is 1. The molecule has 7 heteroatoms. The first-order valence-corrected chi connectivity index (χ1v) is 7.60. The summed E-state index contributed by atoms with van der Waals surface area (Å²) >= 11 is 1.36. The summed E-state index contributed by atoms with van der Waals surface area (Å²) in [5.41, 5.74) is -0.241. The van der Waals surface area contributed by atoms with Crippen molar-refractivity contribution in [3.05, 3.63) is 11.1 Å². The summed E-state index contributed by atoms with van der Waals surface area (Å²) in [4.78, 5) is 27.5. The maximum Gasteiger partial charge on any atom is 0.329 e. The van der Waals surface area contributed by atoms with Gasteiger partial charge in [0.05, 0.1) is 5.69 Å². The van der Waals surface area contributed by atoms with E-state index in [0.29, 0.717) is 23.9 Å². The first-order valence-electron chi connectivity index (χ1n) is 6.72. The first-order chi connectivity index (χ1) is 9.44. The van der Waals surface area contributed by atoms with Gasteiger partial charge >= 0.3 is 12.0 Å². The van der Waals surface area contributed by atoms with Crippen LogP contribution in [0.5, 0.6) is 0 Å². The third kappa shape index (κ3) is 3.47. The number of aromatic nitrogens is 1. The average Bonchev–Trinajstić information content (AvgIpc) is 3.11. The number of carbonyl (C=O) groups is 2. The molecule has 6 nitrogen and oxygen atoms in total. The zero-order chi connectivity index (χ0) is 14.8. The molecule has 3 N–H and O–H groups in total. The highest BCUT2D eigenvalue weighted by molar-refractivity contribution is 7.13. The number of nitrogens with zero attached hydrogens (tertiary/aromatic N) is 1. The molecular formula is C13H19N3O3S. The van der Waals surface area contributed by atoms with Crippen molar-refractivity contribution in [1.82, 2.24) is 10.3 Å². The van der Waals surface area contributed by atoms with Crippen LogP contribution in [0.2, 0.25) is 0 Å². The minimum Gasteiger partial charge on any atom is -0.480 e. The summed E-state index contributed by atoms with van der Waals surface area (Å²) in [5, 5.41) is 16.8. The van der Waals surface area contributed by atoms with Crippen LogP contribution in [0, 0.1) is 0 Å². The predicted octanol–water partition coefficient (Wildman–Crippen LogP) is 2.79. The lowest BCUT2D eigenvalue weighted by molar-refractivity contribution is -0.143. The number of amides is 2. The highest BCUT2D eigenvalue weighted by atomic mass is 32.1. The van der Waals surface area contributed by atoms with Crippen LogP contribution in [0.3, 0.4) is 0 Å². The zero-order valence-corrected chi connectivity index (χ0v) is 12.4. The van der Waals surface area contributed by atoms with Crippen molar-refractivity contribution in [3.8, 4) is 0 Å². The van der Waals surface area contributed by atoms with Gasteiger partial charge < -0.3 is 10.4 Å². The fraction of sp³-hybridized carbons (Fsp3) is 0.615. The van der Waals surface area contributed by atoms with Gasteiger partial charge in [-0.3, -0.25) is 5.32 Å². The Morgan fingerprint density at radius 3 is 2.80 bits per heavy atom. The van der Waals surface area contributed by atoms with Crippen LogP contribution in [0.4, 0.5) is 9.93 Å². The number of anilines is 1. The number of carboxylic acid groups (broad SMARTS) is 1. The van der Waals surface area contributed by atoms with E-state index < -0.39 is 17.5 Å². The van der Waals surface area contributed by atoms with E-state index >= 15 is 0 Å². The van der Waals surface area contributed by atoms with Crippen LogP contribution in [0.15, 0.2) is 5.38 Å². The van der Waals surface area contributed by atoms with Gasteiger partial charge in [-0.15, -0.1) is 11.3 Å². The molecule has 1 heterocycles. The summed E-state index contributed by atoms with van der Waals surface area (Å²) in [7, 11) is 0. The Morgan fingerprint density at radius 2 is 2.25 bits per heavy atom. The molecule has 0 radical (unpaired) electrons. The van der Waals surface area contributed by atoms with E-state index in [-0.39, 0.29) is 0 Å². The lowest BCUT2D eigenvalue weighted by Crippen LogP contribution is -2.53. The lowest BCUT2D eigenvalue weighted by Gasteiger charge is -2.25. The summed E-state index contributed by atoms with van der Waals surface area (Å²) in [6.07, 6.45) is 3.36. The lowest BCUT2D eigenvalue weighted by atomic mass is 9.97. The van der Waals surface area contributed by atoms with E-state index in [0.717, 1.165) is 18.5 Å². The van der Waals surface area contributed by atoms with Gasteiger partial charge in [-0.1, -0.05) is 13.3 Å². The van der Waals surface area contributed by atoms with Gasteiger partial charge in [0, 0.05) is 11.3 Å². The van der Waals surface area contributed by atoms with E-state index in [1.165, 1.54) is 18.3 Å². The monoisotopic (exact) mass is 297 g/mol. The molecule has 1 aromatic rings.